The first-order chi connectivity index (χ1) is 4.76. The Morgan fingerprint density at radius 1 is 1.20 bits per heavy atom. The second-order valence-corrected chi connectivity index (χ2v) is 1.76. The molecule has 0 radical (unpaired) electrons. The van der Waals surface area contributed by atoms with Crippen molar-refractivity contribution in [1.29, 1.82) is 0 Å². The third-order valence-corrected chi connectivity index (χ3v) is 1.34. The van der Waals surface area contributed by atoms with E-state index in [1.165, 1.54) is 25.6 Å². The number of hydrogen-bond donors (Lipinski definition) is 0. The Bertz CT molecular complexity index is 75.7. The Morgan fingerprint density at radius 2 is 1.40 bits per heavy atom. The molecular formula is C8H17NO. The lowest BCUT2D eigenvalue weighted by Crippen LogP contribution is -2.21. The van der Waals surface area contributed by atoms with Gasteiger partial charge >= 0.3 is 0 Å². The Balaban J connectivity index is 0. The Labute approximate surface area is 63.5 Å². The maximum atomic E-state index is 8.57. The quantitative estimate of drug-likeness (QED) is 0.556. The maximum absolute atomic E-state index is 8.57. The molecular weight excluding hydrogens is 126 g/mol. The third-order valence-electron chi connectivity index (χ3n) is 1.34. The molecule has 2 nitrogen and oxygen atoms in total. The molecule has 10 heavy (non-hydrogen) atoms. The molecule has 0 saturated carbocycles. The van der Waals surface area contributed by atoms with Gasteiger partial charge in [-0.2, -0.15) is 0 Å². The standard InChI is InChI=1S/C6H15N.C2H2O/c1-4-7(5-2)6-3;1-2-3/h4-6H2,1-3H3;1H2. The summed E-state index contributed by atoms with van der Waals surface area (Å²) in [5, 5.41) is 0. The smallest absolute Gasteiger partial charge is 0.116 e. The Morgan fingerprint density at radius 3 is 1.40 bits per heavy atom. The average Bonchev–Trinajstić information content (AvgIpc) is 1.93. The third kappa shape index (κ3) is 10.4. The van der Waals surface area contributed by atoms with Gasteiger partial charge in [0.05, 0.1) is 0 Å². The van der Waals surface area contributed by atoms with Crippen LogP contribution in [0.2, 0.25) is 0 Å². The molecule has 0 heterocycles. The van der Waals surface area contributed by atoms with E-state index in [0.29, 0.717) is 0 Å². The van der Waals surface area contributed by atoms with Crippen molar-refractivity contribution in [2.24, 2.45) is 0 Å². The van der Waals surface area contributed by atoms with Crippen LogP contribution in [0.15, 0.2) is 6.58 Å². The molecule has 0 amide bonds. The average molecular weight is 143 g/mol. The number of nitrogens with zero attached hydrogens (tertiary/aromatic N) is 1. The fourth-order valence-electron chi connectivity index (χ4n) is 0.671. The molecule has 0 aromatic carbocycles. The summed E-state index contributed by atoms with van der Waals surface area (Å²) in [6.45, 7) is 12.8. The predicted octanol–water partition coefficient (Wildman–Crippen LogP) is 1.35. The molecule has 0 N–H and O–H groups in total. The highest BCUT2D eigenvalue weighted by molar-refractivity contribution is 5.38. The first-order valence-corrected chi connectivity index (χ1v) is 3.63. The van der Waals surface area contributed by atoms with Crippen molar-refractivity contribution < 1.29 is 4.79 Å². The number of rotatable bonds is 3. The van der Waals surface area contributed by atoms with E-state index in [0.717, 1.165) is 0 Å². The summed E-state index contributed by atoms with van der Waals surface area (Å²) in [7, 11) is 0. The van der Waals surface area contributed by atoms with Crippen molar-refractivity contribution in [3.8, 4) is 0 Å². The summed E-state index contributed by atoms with van der Waals surface area (Å²) >= 11 is 0. The van der Waals surface area contributed by atoms with E-state index in [9.17, 15) is 0 Å². The zero-order chi connectivity index (χ0) is 8.41. The summed E-state index contributed by atoms with van der Waals surface area (Å²) in [4.78, 5) is 10.9. The van der Waals surface area contributed by atoms with Gasteiger partial charge in [0.1, 0.15) is 5.94 Å². The summed E-state index contributed by atoms with van der Waals surface area (Å²) in [5.74, 6) is 1.25. The normalized spacial score (nSPS) is 8.00. The molecule has 0 aliphatic heterocycles. The minimum absolute atomic E-state index is 1.19. The van der Waals surface area contributed by atoms with Gasteiger partial charge in [0.15, 0.2) is 0 Å². The van der Waals surface area contributed by atoms with Crippen molar-refractivity contribution in [2.45, 2.75) is 20.8 Å². The molecule has 0 spiro atoms. The first-order valence-electron chi connectivity index (χ1n) is 3.63. The Hall–Kier alpha value is -0.590. The molecule has 0 saturated heterocycles. The molecule has 0 aromatic rings. The van der Waals surface area contributed by atoms with Crippen LogP contribution in [0.5, 0.6) is 0 Å². The number of carbonyl (C=O) groups excluding carboxylic acids is 1. The summed E-state index contributed by atoms with van der Waals surface area (Å²) < 4.78 is 0. The topological polar surface area (TPSA) is 20.3 Å². The van der Waals surface area contributed by atoms with E-state index in [1.54, 1.807) is 0 Å². The maximum Gasteiger partial charge on any atom is 0.116 e. The molecule has 0 bridgehead atoms. The molecule has 0 aliphatic rings. The minimum Gasteiger partial charge on any atom is -0.304 e. The molecule has 0 atom stereocenters. The minimum atomic E-state index is 1.19. The van der Waals surface area contributed by atoms with Crippen molar-refractivity contribution >= 4 is 5.94 Å². The number of hydrogen-bond acceptors (Lipinski definition) is 2. The van der Waals surface area contributed by atoms with Gasteiger partial charge in [-0.05, 0) is 26.2 Å². The molecule has 0 rings (SSSR count). The van der Waals surface area contributed by atoms with Gasteiger partial charge in [-0.3, -0.25) is 0 Å². The summed E-state index contributed by atoms with van der Waals surface area (Å²) in [6.07, 6.45) is 0. The van der Waals surface area contributed by atoms with Crippen molar-refractivity contribution in [3.63, 3.8) is 0 Å². The molecule has 0 aliphatic carbocycles. The van der Waals surface area contributed by atoms with Gasteiger partial charge in [0.2, 0.25) is 0 Å². The van der Waals surface area contributed by atoms with Crippen molar-refractivity contribution in [2.75, 3.05) is 19.6 Å². The van der Waals surface area contributed by atoms with Gasteiger partial charge < -0.3 is 4.90 Å². The van der Waals surface area contributed by atoms with Crippen molar-refractivity contribution in [3.05, 3.63) is 6.58 Å². The molecule has 60 valence electrons. The SMILES string of the molecule is C=C=O.CCN(CC)CC. The molecule has 0 unspecified atom stereocenters. The second kappa shape index (κ2) is 11.2. The highest BCUT2D eigenvalue weighted by Gasteiger charge is 1.89. The van der Waals surface area contributed by atoms with E-state index in [-0.39, 0.29) is 0 Å². The lowest BCUT2D eigenvalue weighted by Gasteiger charge is -2.13. The van der Waals surface area contributed by atoms with Crippen LogP contribution >= 0.6 is 0 Å². The van der Waals surface area contributed by atoms with Crippen LogP contribution in [0.25, 0.3) is 0 Å². The highest BCUT2D eigenvalue weighted by Crippen LogP contribution is 1.81. The van der Waals surface area contributed by atoms with E-state index >= 15 is 0 Å². The zero-order valence-corrected chi connectivity index (χ0v) is 7.18. The van der Waals surface area contributed by atoms with Gasteiger partial charge in [-0.1, -0.05) is 20.8 Å². The second-order valence-electron chi connectivity index (χ2n) is 1.76. The van der Waals surface area contributed by atoms with E-state index in [4.69, 9.17) is 4.79 Å². The van der Waals surface area contributed by atoms with Gasteiger partial charge in [-0.15, -0.1) is 0 Å². The first kappa shape index (κ1) is 12.1. The molecule has 0 aromatic heterocycles. The largest absolute Gasteiger partial charge is 0.304 e. The van der Waals surface area contributed by atoms with Crippen LogP contribution in [0.4, 0.5) is 0 Å². The van der Waals surface area contributed by atoms with E-state index in [2.05, 4.69) is 32.3 Å². The zero-order valence-electron chi connectivity index (χ0n) is 7.18. The lowest BCUT2D eigenvalue weighted by atomic mass is 10.5. The summed E-state index contributed by atoms with van der Waals surface area (Å²) in [6, 6.07) is 0. The van der Waals surface area contributed by atoms with Gasteiger partial charge in [-0.25, -0.2) is 4.79 Å². The van der Waals surface area contributed by atoms with Crippen LogP contribution < -0.4 is 0 Å². The van der Waals surface area contributed by atoms with Crippen LogP contribution in [-0.4, -0.2) is 30.5 Å². The lowest BCUT2D eigenvalue weighted by molar-refractivity contribution is 0.321. The monoisotopic (exact) mass is 143 g/mol. The highest BCUT2D eigenvalue weighted by atomic mass is 16.1. The fraction of sp³-hybridized carbons (Fsp3) is 0.750. The van der Waals surface area contributed by atoms with Crippen LogP contribution in [-0.2, 0) is 4.79 Å². The van der Waals surface area contributed by atoms with Gasteiger partial charge in [0.25, 0.3) is 0 Å². The Kier molecular flexibility index (Phi) is 13.6. The fourth-order valence-corrected chi connectivity index (χ4v) is 0.671. The van der Waals surface area contributed by atoms with Crippen LogP contribution in [0.3, 0.4) is 0 Å². The van der Waals surface area contributed by atoms with E-state index in [1.807, 2.05) is 0 Å². The van der Waals surface area contributed by atoms with Crippen LogP contribution in [0.1, 0.15) is 20.8 Å². The predicted molar refractivity (Wildman–Crippen MR) is 44.8 cm³/mol. The summed E-state index contributed by atoms with van der Waals surface area (Å²) in [5.41, 5.74) is 0. The van der Waals surface area contributed by atoms with Crippen LogP contribution in [0, 0.1) is 0 Å². The molecule has 0 fully saturated rings. The van der Waals surface area contributed by atoms with E-state index < -0.39 is 0 Å². The van der Waals surface area contributed by atoms with Crippen molar-refractivity contribution in [1.82, 2.24) is 4.90 Å². The molecule has 2 heteroatoms. The van der Waals surface area contributed by atoms with Gasteiger partial charge in [0, 0.05) is 0 Å².